The van der Waals surface area contributed by atoms with Crippen molar-refractivity contribution in [1.29, 1.82) is 0 Å². The zero-order chi connectivity index (χ0) is 25.3. The van der Waals surface area contributed by atoms with Crippen molar-refractivity contribution in [3.05, 3.63) is 24.3 Å². The molecule has 0 bridgehead atoms. The quantitative estimate of drug-likeness (QED) is 0.259. The lowest BCUT2D eigenvalue weighted by molar-refractivity contribution is -0.152. The third-order valence-electron chi connectivity index (χ3n) is 6.19. The van der Waals surface area contributed by atoms with Crippen LogP contribution in [0, 0.1) is 0 Å². The Labute approximate surface area is 209 Å². The fraction of sp³-hybridized carbons (Fsp3) is 0.667. The molecule has 8 nitrogen and oxygen atoms in total. The molecule has 1 unspecified atom stereocenters. The van der Waals surface area contributed by atoms with Crippen molar-refractivity contribution in [3.8, 4) is 11.5 Å². The predicted octanol–water partition coefficient (Wildman–Crippen LogP) is 4.26. The molecule has 1 aromatic rings. The van der Waals surface area contributed by atoms with Crippen molar-refractivity contribution in [2.45, 2.75) is 83.6 Å². The number of methoxy groups -OCH3 is 1. The summed E-state index contributed by atoms with van der Waals surface area (Å²) in [7, 11) is 1.57. The minimum absolute atomic E-state index is 0.155. The topological polar surface area (TPSA) is 94.2 Å². The fourth-order valence-electron chi connectivity index (χ4n) is 4.11. The lowest BCUT2D eigenvalue weighted by Gasteiger charge is -2.34. The van der Waals surface area contributed by atoms with Gasteiger partial charge in [0, 0.05) is 13.1 Å². The van der Waals surface area contributed by atoms with Crippen LogP contribution in [0.2, 0.25) is 0 Å². The number of rotatable bonds is 17. The Morgan fingerprint density at radius 1 is 0.943 bits per heavy atom. The maximum atomic E-state index is 12.7. The van der Waals surface area contributed by atoms with Gasteiger partial charge in [0.25, 0.3) is 5.91 Å². The molecule has 8 heteroatoms. The molecule has 1 fully saturated rings. The average molecular weight is 491 g/mol. The van der Waals surface area contributed by atoms with Crippen LogP contribution in [0.4, 0.5) is 0 Å². The highest BCUT2D eigenvalue weighted by Crippen LogP contribution is 2.18. The van der Waals surface area contributed by atoms with Crippen molar-refractivity contribution < 1.29 is 28.6 Å². The van der Waals surface area contributed by atoms with Crippen LogP contribution in [-0.2, 0) is 19.1 Å². The van der Waals surface area contributed by atoms with Crippen molar-refractivity contribution in [2.24, 2.45) is 0 Å². The fourth-order valence-corrected chi connectivity index (χ4v) is 4.11. The molecule has 1 saturated heterocycles. The van der Waals surface area contributed by atoms with Crippen molar-refractivity contribution in [3.63, 3.8) is 0 Å². The Balaban J connectivity index is 1.66. The van der Waals surface area contributed by atoms with Gasteiger partial charge in [0.05, 0.1) is 20.1 Å². The molecule has 1 heterocycles. The molecule has 1 N–H and O–H groups in total. The molecule has 2 amide bonds. The minimum Gasteiger partial charge on any atom is -0.497 e. The molecule has 1 aromatic carbocycles. The molecule has 196 valence electrons. The highest BCUT2D eigenvalue weighted by Gasteiger charge is 2.35. The van der Waals surface area contributed by atoms with E-state index in [1.54, 1.807) is 31.4 Å². The number of esters is 1. The van der Waals surface area contributed by atoms with E-state index in [0.29, 0.717) is 31.2 Å². The van der Waals surface area contributed by atoms with Gasteiger partial charge in [-0.05, 0) is 30.7 Å². The summed E-state index contributed by atoms with van der Waals surface area (Å²) in [5, 5.41) is 2.73. The van der Waals surface area contributed by atoms with E-state index in [0.717, 1.165) is 19.3 Å². The van der Waals surface area contributed by atoms with Crippen molar-refractivity contribution >= 4 is 17.8 Å². The van der Waals surface area contributed by atoms with Crippen LogP contribution in [0.25, 0.3) is 0 Å². The Bertz CT molecular complexity index is 767. The van der Waals surface area contributed by atoms with Crippen LogP contribution in [0.15, 0.2) is 24.3 Å². The van der Waals surface area contributed by atoms with Gasteiger partial charge < -0.3 is 24.4 Å². The number of carbonyl (C=O) groups is 3. The van der Waals surface area contributed by atoms with Gasteiger partial charge in [-0.2, -0.15) is 0 Å². The molecule has 0 aromatic heterocycles. The van der Waals surface area contributed by atoms with Gasteiger partial charge in [-0.25, -0.2) is 0 Å². The van der Waals surface area contributed by atoms with Gasteiger partial charge in [0.15, 0.2) is 6.61 Å². The standard InChI is InChI=1S/C27H42N2O6/c1-3-4-5-6-7-8-9-10-11-12-19-34-26(31)20-24-27(32)28-17-18-29(24)25(30)21-35-23-15-13-22(33-2)14-16-23/h13-16,24H,3-12,17-21H2,1-2H3,(H,28,32). The van der Waals surface area contributed by atoms with Crippen LogP contribution in [0.3, 0.4) is 0 Å². The van der Waals surface area contributed by atoms with Gasteiger partial charge >= 0.3 is 5.97 Å². The first kappa shape index (κ1) is 28.5. The first-order valence-electron chi connectivity index (χ1n) is 13.0. The van der Waals surface area contributed by atoms with E-state index in [-0.39, 0.29) is 24.8 Å². The van der Waals surface area contributed by atoms with Gasteiger partial charge in [-0.3, -0.25) is 14.4 Å². The molecule has 0 saturated carbocycles. The molecule has 1 aliphatic rings. The number of carbonyl (C=O) groups excluding carboxylic acids is 3. The molecule has 2 rings (SSSR count). The second-order valence-electron chi connectivity index (χ2n) is 8.96. The molecule has 0 spiro atoms. The van der Waals surface area contributed by atoms with Gasteiger partial charge in [0.2, 0.25) is 5.91 Å². The summed E-state index contributed by atoms with van der Waals surface area (Å²) >= 11 is 0. The van der Waals surface area contributed by atoms with E-state index in [9.17, 15) is 14.4 Å². The number of benzene rings is 1. The van der Waals surface area contributed by atoms with Gasteiger partial charge in [-0.15, -0.1) is 0 Å². The largest absolute Gasteiger partial charge is 0.497 e. The van der Waals surface area contributed by atoms with E-state index in [4.69, 9.17) is 14.2 Å². The monoisotopic (exact) mass is 490 g/mol. The van der Waals surface area contributed by atoms with Crippen LogP contribution < -0.4 is 14.8 Å². The number of piperazine rings is 1. The summed E-state index contributed by atoms with van der Waals surface area (Å²) < 4.78 is 16.0. The zero-order valence-electron chi connectivity index (χ0n) is 21.4. The Kier molecular flexibility index (Phi) is 13.7. The number of hydrogen-bond acceptors (Lipinski definition) is 6. The Hall–Kier alpha value is -2.77. The van der Waals surface area contributed by atoms with Crippen LogP contribution in [-0.4, -0.2) is 62.1 Å². The van der Waals surface area contributed by atoms with Crippen molar-refractivity contribution in [2.75, 3.05) is 33.4 Å². The van der Waals surface area contributed by atoms with Crippen molar-refractivity contribution in [1.82, 2.24) is 10.2 Å². The predicted molar refractivity (Wildman–Crippen MR) is 134 cm³/mol. The minimum atomic E-state index is -0.879. The van der Waals surface area contributed by atoms with Crippen LogP contribution in [0.1, 0.15) is 77.6 Å². The third-order valence-corrected chi connectivity index (χ3v) is 6.19. The van der Waals surface area contributed by atoms with Crippen LogP contribution >= 0.6 is 0 Å². The van der Waals surface area contributed by atoms with E-state index in [2.05, 4.69) is 12.2 Å². The SMILES string of the molecule is CCCCCCCCCCCCOC(=O)CC1C(=O)NCCN1C(=O)COc1ccc(OC)cc1. The number of nitrogens with zero attached hydrogens (tertiary/aromatic N) is 1. The molecule has 1 aliphatic heterocycles. The molecular formula is C27H42N2O6. The Morgan fingerprint density at radius 2 is 1.54 bits per heavy atom. The second kappa shape index (κ2) is 16.8. The Morgan fingerprint density at radius 3 is 2.17 bits per heavy atom. The van der Waals surface area contributed by atoms with Crippen LogP contribution in [0.5, 0.6) is 11.5 Å². The van der Waals surface area contributed by atoms with E-state index in [1.165, 1.54) is 49.8 Å². The summed E-state index contributed by atoms with van der Waals surface area (Å²) in [6, 6.07) is 6.01. The second-order valence-corrected chi connectivity index (χ2v) is 8.96. The lowest BCUT2D eigenvalue weighted by atomic mass is 10.1. The molecule has 0 radical (unpaired) electrons. The number of ether oxygens (including phenoxy) is 3. The smallest absolute Gasteiger partial charge is 0.308 e. The molecule has 35 heavy (non-hydrogen) atoms. The number of nitrogens with one attached hydrogen (secondary N) is 1. The van der Waals surface area contributed by atoms with Gasteiger partial charge in [-0.1, -0.05) is 64.7 Å². The summed E-state index contributed by atoms with van der Waals surface area (Å²) in [5.41, 5.74) is 0. The highest BCUT2D eigenvalue weighted by molar-refractivity contribution is 5.92. The maximum Gasteiger partial charge on any atom is 0.308 e. The maximum absolute atomic E-state index is 12.7. The first-order valence-corrected chi connectivity index (χ1v) is 13.0. The number of hydrogen-bond donors (Lipinski definition) is 1. The number of amides is 2. The zero-order valence-corrected chi connectivity index (χ0v) is 21.4. The van der Waals surface area contributed by atoms with Gasteiger partial charge in [0.1, 0.15) is 17.5 Å². The molecule has 0 aliphatic carbocycles. The molecule has 1 atom stereocenters. The van der Waals surface area contributed by atoms with E-state index >= 15 is 0 Å². The lowest BCUT2D eigenvalue weighted by Crippen LogP contribution is -2.58. The summed E-state index contributed by atoms with van der Waals surface area (Å²) in [4.78, 5) is 38.9. The highest BCUT2D eigenvalue weighted by atomic mass is 16.5. The first-order chi connectivity index (χ1) is 17.0. The summed E-state index contributed by atoms with van der Waals surface area (Å²) in [5.74, 6) is 0.0609. The molecular weight excluding hydrogens is 448 g/mol. The number of unbranched alkanes of at least 4 members (excludes halogenated alkanes) is 9. The summed E-state index contributed by atoms with van der Waals surface area (Å²) in [6.45, 7) is 3.03. The van der Waals surface area contributed by atoms with E-state index in [1.807, 2.05) is 0 Å². The van der Waals surface area contributed by atoms with E-state index < -0.39 is 12.0 Å². The normalized spacial score (nSPS) is 15.4. The average Bonchev–Trinajstić information content (AvgIpc) is 2.87. The summed E-state index contributed by atoms with van der Waals surface area (Å²) in [6.07, 6.45) is 11.9. The third kappa shape index (κ3) is 11.0.